The number of carbonyl (C=O) groups excluding carboxylic acids is 1. The molecule has 2 rings (SSSR count). The van der Waals surface area contributed by atoms with Gasteiger partial charge in [-0.2, -0.15) is 0 Å². The molecule has 0 saturated heterocycles. The molecular weight excluding hydrogens is 356 g/mol. The lowest BCUT2D eigenvalue weighted by Crippen LogP contribution is -2.36. The fourth-order valence-electron chi connectivity index (χ4n) is 3.01. The number of benzene rings is 2. The van der Waals surface area contributed by atoms with Crippen molar-refractivity contribution in [1.29, 1.82) is 0 Å². The number of hydrogen-bond acceptors (Lipinski definition) is 5. The van der Waals surface area contributed by atoms with E-state index in [0.29, 0.717) is 18.9 Å². The monoisotopic (exact) mass is 386 g/mol. The van der Waals surface area contributed by atoms with Gasteiger partial charge >= 0.3 is 6.09 Å². The molecule has 0 aliphatic rings. The number of nitrogens with zero attached hydrogens (tertiary/aromatic N) is 1. The van der Waals surface area contributed by atoms with Crippen molar-refractivity contribution >= 4 is 6.09 Å². The number of alkyl carbamates (subject to hydrolysis) is 1. The van der Waals surface area contributed by atoms with Crippen LogP contribution in [0.1, 0.15) is 31.0 Å². The van der Waals surface area contributed by atoms with Gasteiger partial charge in [0, 0.05) is 19.1 Å². The second-order valence-electron chi connectivity index (χ2n) is 6.41. The van der Waals surface area contributed by atoms with Crippen LogP contribution in [0.4, 0.5) is 4.79 Å². The van der Waals surface area contributed by atoms with Gasteiger partial charge in [0.2, 0.25) is 0 Å². The lowest BCUT2D eigenvalue weighted by Gasteiger charge is -2.28. The van der Waals surface area contributed by atoms with Crippen LogP contribution in [0.5, 0.6) is 11.5 Å². The van der Waals surface area contributed by atoms with Gasteiger partial charge in [-0.25, -0.2) is 4.79 Å². The van der Waals surface area contributed by atoms with Crippen LogP contribution < -0.4 is 14.8 Å². The number of amides is 1. The molecule has 0 spiro atoms. The molecule has 6 nitrogen and oxygen atoms in total. The van der Waals surface area contributed by atoms with E-state index in [4.69, 9.17) is 9.47 Å². The first kappa shape index (κ1) is 21.6. The maximum Gasteiger partial charge on any atom is 0.406 e. The Morgan fingerprint density at radius 1 is 1.11 bits per heavy atom. The minimum Gasteiger partial charge on any atom is -0.493 e. The standard InChI is InChI=1S/C22H30N2O4/c1-5-24(14-13-23-22(25)27-4)17(2)19-11-12-20(21(15-19)26-3)28-16-18-9-7-6-8-10-18/h6-12,15,17H,5,13-14,16H2,1-4H3,(H,23,25). The Morgan fingerprint density at radius 2 is 1.86 bits per heavy atom. The molecule has 0 aromatic heterocycles. The highest BCUT2D eigenvalue weighted by Gasteiger charge is 2.17. The Bertz CT molecular complexity index is 737. The first-order valence-electron chi connectivity index (χ1n) is 9.49. The van der Waals surface area contributed by atoms with E-state index in [1.54, 1.807) is 7.11 Å². The summed E-state index contributed by atoms with van der Waals surface area (Å²) in [6.45, 7) is 6.84. The summed E-state index contributed by atoms with van der Waals surface area (Å²) in [6, 6.07) is 16.2. The molecule has 0 aliphatic carbocycles. The largest absolute Gasteiger partial charge is 0.493 e. The number of methoxy groups -OCH3 is 2. The van der Waals surface area contributed by atoms with E-state index in [2.05, 4.69) is 34.9 Å². The third kappa shape index (κ3) is 6.16. The molecule has 0 radical (unpaired) electrons. The van der Waals surface area contributed by atoms with Crippen LogP contribution in [-0.4, -0.2) is 44.8 Å². The summed E-state index contributed by atoms with van der Waals surface area (Å²) in [6.07, 6.45) is -0.412. The van der Waals surface area contributed by atoms with Gasteiger partial charge in [-0.15, -0.1) is 0 Å². The molecule has 1 atom stereocenters. The van der Waals surface area contributed by atoms with Crippen LogP contribution >= 0.6 is 0 Å². The molecule has 1 N–H and O–H groups in total. The highest BCUT2D eigenvalue weighted by molar-refractivity contribution is 5.66. The molecule has 0 bridgehead atoms. The van der Waals surface area contributed by atoms with E-state index in [1.165, 1.54) is 7.11 Å². The Labute approximate surface area is 167 Å². The Hall–Kier alpha value is -2.73. The maximum atomic E-state index is 11.2. The molecule has 0 fully saturated rings. The SMILES string of the molecule is CCN(CCNC(=O)OC)C(C)c1ccc(OCc2ccccc2)c(OC)c1. The van der Waals surface area contributed by atoms with Crippen molar-refractivity contribution in [2.24, 2.45) is 0 Å². The fraction of sp³-hybridized carbons (Fsp3) is 0.409. The van der Waals surface area contributed by atoms with E-state index >= 15 is 0 Å². The predicted octanol–water partition coefficient (Wildman–Crippen LogP) is 4.01. The van der Waals surface area contributed by atoms with E-state index < -0.39 is 6.09 Å². The molecule has 0 aliphatic heterocycles. The summed E-state index contributed by atoms with van der Waals surface area (Å²) in [4.78, 5) is 13.5. The summed E-state index contributed by atoms with van der Waals surface area (Å²) < 4.78 is 16.1. The first-order chi connectivity index (χ1) is 13.6. The molecule has 6 heteroatoms. The average Bonchev–Trinajstić information content (AvgIpc) is 2.75. The van der Waals surface area contributed by atoms with E-state index in [0.717, 1.165) is 30.0 Å². The van der Waals surface area contributed by atoms with Crippen molar-refractivity contribution in [3.63, 3.8) is 0 Å². The van der Waals surface area contributed by atoms with Crippen LogP contribution in [0.15, 0.2) is 48.5 Å². The van der Waals surface area contributed by atoms with Crippen LogP contribution in [0, 0.1) is 0 Å². The smallest absolute Gasteiger partial charge is 0.406 e. The van der Waals surface area contributed by atoms with E-state index in [9.17, 15) is 4.79 Å². The molecule has 0 heterocycles. The summed E-state index contributed by atoms with van der Waals surface area (Å²) >= 11 is 0. The second-order valence-corrected chi connectivity index (χ2v) is 6.41. The lowest BCUT2D eigenvalue weighted by atomic mass is 10.1. The Morgan fingerprint density at radius 3 is 2.50 bits per heavy atom. The van der Waals surface area contributed by atoms with Crippen molar-refractivity contribution in [3.05, 3.63) is 59.7 Å². The molecule has 0 saturated carbocycles. The number of ether oxygens (including phenoxy) is 3. The number of carbonyl (C=O) groups is 1. The fourth-order valence-corrected chi connectivity index (χ4v) is 3.01. The van der Waals surface area contributed by atoms with E-state index in [1.807, 2.05) is 42.5 Å². The van der Waals surface area contributed by atoms with Crippen molar-refractivity contribution < 1.29 is 19.0 Å². The summed E-state index contributed by atoms with van der Waals surface area (Å²) in [7, 11) is 3.01. The molecule has 1 unspecified atom stereocenters. The summed E-state index contributed by atoms with van der Waals surface area (Å²) in [5.41, 5.74) is 2.24. The predicted molar refractivity (Wildman–Crippen MR) is 110 cm³/mol. The third-order valence-electron chi connectivity index (χ3n) is 4.71. The Kier molecular flexibility index (Phi) is 8.62. The lowest BCUT2D eigenvalue weighted by molar-refractivity contribution is 0.165. The zero-order valence-corrected chi connectivity index (χ0v) is 17.1. The second kappa shape index (κ2) is 11.2. The first-order valence-corrected chi connectivity index (χ1v) is 9.49. The van der Waals surface area contributed by atoms with Crippen LogP contribution in [-0.2, 0) is 11.3 Å². The normalized spacial score (nSPS) is 11.8. The minimum atomic E-state index is -0.412. The van der Waals surface area contributed by atoms with Crippen LogP contribution in [0.2, 0.25) is 0 Å². The number of hydrogen-bond donors (Lipinski definition) is 1. The molecule has 1 amide bonds. The highest BCUT2D eigenvalue weighted by Crippen LogP contribution is 2.32. The van der Waals surface area contributed by atoms with Crippen molar-refractivity contribution in [2.75, 3.05) is 33.9 Å². The minimum absolute atomic E-state index is 0.168. The van der Waals surface area contributed by atoms with Crippen molar-refractivity contribution in [3.8, 4) is 11.5 Å². The molecule has 152 valence electrons. The number of rotatable bonds is 10. The topological polar surface area (TPSA) is 60.0 Å². The average molecular weight is 386 g/mol. The zero-order chi connectivity index (χ0) is 20.4. The van der Waals surface area contributed by atoms with Gasteiger partial charge in [0.1, 0.15) is 6.61 Å². The van der Waals surface area contributed by atoms with Crippen LogP contribution in [0.3, 0.4) is 0 Å². The van der Waals surface area contributed by atoms with Crippen molar-refractivity contribution in [1.82, 2.24) is 10.2 Å². The van der Waals surface area contributed by atoms with Gasteiger partial charge in [-0.1, -0.05) is 43.3 Å². The third-order valence-corrected chi connectivity index (χ3v) is 4.71. The summed E-state index contributed by atoms with van der Waals surface area (Å²) in [5.74, 6) is 1.43. The van der Waals surface area contributed by atoms with Gasteiger partial charge in [0.25, 0.3) is 0 Å². The maximum absolute atomic E-state index is 11.2. The van der Waals surface area contributed by atoms with Gasteiger partial charge in [0.15, 0.2) is 11.5 Å². The molecule has 2 aromatic carbocycles. The van der Waals surface area contributed by atoms with Gasteiger partial charge in [0.05, 0.1) is 14.2 Å². The van der Waals surface area contributed by atoms with Crippen molar-refractivity contribution in [2.45, 2.75) is 26.5 Å². The number of likely N-dealkylation sites (N-methyl/N-ethyl adjacent to an activating group) is 1. The van der Waals surface area contributed by atoms with Gasteiger partial charge < -0.3 is 19.5 Å². The molecule has 2 aromatic rings. The molecular formula is C22H30N2O4. The number of nitrogens with one attached hydrogen (secondary N) is 1. The Balaban J connectivity index is 2.02. The van der Waals surface area contributed by atoms with Gasteiger partial charge in [-0.3, -0.25) is 4.90 Å². The highest BCUT2D eigenvalue weighted by atomic mass is 16.5. The molecule has 28 heavy (non-hydrogen) atoms. The van der Waals surface area contributed by atoms with E-state index in [-0.39, 0.29) is 6.04 Å². The quantitative estimate of drug-likeness (QED) is 0.668. The zero-order valence-electron chi connectivity index (χ0n) is 17.1. The van der Waals surface area contributed by atoms with Crippen LogP contribution in [0.25, 0.3) is 0 Å². The van der Waals surface area contributed by atoms with Gasteiger partial charge in [-0.05, 0) is 36.7 Å². The summed E-state index contributed by atoms with van der Waals surface area (Å²) in [5, 5.41) is 2.72.